The van der Waals surface area contributed by atoms with E-state index in [-0.39, 0.29) is 48.2 Å². The Morgan fingerprint density at radius 1 is 1.08 bits per heavy atom. The average Bonchev–Trinajstić information content (AvgIpc) is 3.81. The number of rotatable bonds is 10. The Hall–Kier alpha value is -5.81. The van der Waals surface area contributed by atoms with Crippen molar-refractivity contribution in [2.45, 2.75) is 51.2 Å². The predicted molar refractivity (Wildman–Crippen MR) is 171 cm³/mol. The molecule has 1 aromatic carbocycles. The predicted octanol–water partition coefficient (Wildman–Crippen LogP) is 5.55. The summed E-state index contributed by atoms with van der Waals surface area (Å²) in [5.74, 6) is 0.345. The fourth-order valence-electron chi connectivity index (χ4n) is 5.32. The highest BCUT2D eigenvalue weighted by Gasteiger charge is 2.35. The van der Waals surface area contributed by atoms with Crippen molar-refractivity contribution >= 4 is 29.4 Å². The van der Waals surface area contributed by atoms with Crippen LogP contribution in [0.3, 0.4) is 0 Å². The van der Waals surface area contributed by atoms with Gasteiger partial charge in [0.2, 0.25) is 17.4 Å². The van der Waals surface area contributed by atoms with Crippen molar-refractivity contribution < 1.29 is 37.0 Å². The number of halogens is 3. The smallest absolute Gasteiger partial charge is 0.480 e. The van der Waals surface area contributed by atoms with E-state index in [9.17, 15) is 22.8 Å². The van der Waals surface area contributed by atoms with E-state index < -0.39 is 24.1 Å². The molecular formula is C32H33F3N10O5. The number of carbonyl (C=O) groups is 2. The Kier molecular flexibility index (Phi) is 9.27. The first-order valence-corrected chi connectivity index (χ1v) is 15.7. The largest absolute Gasteiger partial charge is 0.517 e. The van der Waals surface area contributed by atoms with Crippen LogP contribution in [0.4, 0.5) is 28.7 Å². The van der Waals surface area contributed by atoms with E-state index in [1.54, 1.807) is 46.6 Å². The number of unbranched alkanes of at least 4 members (excludes halogenated alkanes) is 1. The number of anilines is 1. The van der Waals surface area contributed by atoms with Crippen LogP contribution in [-0.2, 0) is 36.3 Å². The van der Waals surface area contributed by atoms with E-state index in [0.717, 1.165) is 31.0 Å². The first-order chi connectivity index (χ1) is 23.9. The van der Waals surface area contributed by atoms with E-state index in [1.165, 1.54) is 18.7 Å². The third-order valence-electron chi connectivity index (χ3n) is 8.05. The van der Waals surface area contributed by atoms with Crippen LogP contribution < -0.4 is 15.7 Å². The maximum absolute atomic E-state index is 13.2. The number of amides is 1. The van der Waals surface area contributed by atoms with Gasteiger partial charge in [-0.05, 0) is 24.8 Å². The van der Waals surface area contributed by atoms with Gasteiger partial charge >= 0.3 is 18.4 Å². The quantitative estimate of drug-likeness (QED) is 0.107. The number of nitrogens with one attached hydrogen (secondary N) is 2. The van der Waals surface area contributed by atoms with Crippen molar-refractivity contribution in [1.29, 1.82) is 5.41 Å². The molecule has 4 heterocycles. The molecule has 0 saturated heterocycles. The van der Waals surface area contributed by atoms with Gasteiger partial charge in [0.05, 0.1) is 32.2 Å². The number of nitrogens with zero attached hydrogens (tertiary/aromatic N) is 8. The van der Waals surface area contributed by atoms with E-state index in [1.807, 2.05) is 6.92 Å². The lowest BCUT2D eigenvalue weighted by Gasteiger charge is -2.14. The minimum Gasteiger partial charge on any atom is -0.480 e. The molecular weight excluding hydrogens is 661 g/mol. The number of carbonyl (C=O) groups excluding carboxylic acids is 2. The Morgan fingerprint density at radius 3 is 2.46 bits per heavy atom. The second kappa shape index (κ2) is 13.6. The summed E-state index contributed by atoms with van der Waals surface area (Å²) in [5, 5.41) is 11.2. The van der Waals surface area contributed by atoms with Crippen LogP contribution in [0, 0.1) is 5.41 Å². The number of methoxy groups -OCH3 is 1. The maximum Gasteiger partial charge on any atom is 0.517 e. The molecule has 1 aliphatic rings. The summed E-state index contributed by atoms with van der Waals surface area (Å²) in [5.41, 5.74) is 2.37. The Bertz CT molecular complexity index is 2140. The number of hydrogen-bond acceptors (Lipinski definition) is 11. The van der Waals surface area contributed by atoms with Crippen LogP contribution in [0.25, 0.3) is 33.9 Å². The van der Waals surface area contributed by atoms with Crippen LogP contribution in [-0.4, -0.2) is 64.6 Å². The number of aryl methyl sites for hydroxylation is 2. The van der Waals surface area contributed by atoms with Crippen LogP contribution in [0.2, 0.25) is 0 Å². The molecule has 0 bridgehead atoms. The summed E-state index contributed by atoms with van der Waals surface area (Å²) < 4.78 is 59.3. The minimum atomic E-state index is -4.56. The van der Waals surface area contributed by atoms with Crippen molar-refractivity contribution in [3.05, 3.63) is 59.2 Å². The molecule has 0 spiro atoms. The molecule has 15 nitrogen and oxygen atoms in total. The zero-order valence-electron chi connectivity index (χ0n) is 27.5. The topological polar surface area (TPSA) is 177 Å². The van der Waals surface area contributed by atoms with Crippen molar-refractivity contribution in [1.82, 2.24) is 38.6 Å². The number of fused-ring (bicyclic) bond motifs is 1. The standard InChI is InChI=1S/C32H33F3N10O5/c1-5-6-13-49-31(47)50-30(46)42-29-39-23(18-11-12-18)22(27(41-29)48-4)24-37-14-20-26(40-24)45(28(36)44(20)3)15-17-7-9-19(10-8-17)25-38-21(16-43(25)2)32(33,34)35/h7-10,14,16,18,36H,5-6,11-13,15H2,1-4H3,(H,39,41,42,46). The second-order valence-corrected chi connectivity index (χ2v) is 11.7. The molecule has 1 aliphatic carbocycles. The van der Waals surface area contributed by atoms with Crippen LogP contribution in [0.5, 0.6) is 5.88 Å². The molecule has 18 heteroatoms. The van der Waals surface area contributed by atoms with Gasteiger partial charge in [-0.15, -0.1) is 0 Å². The van der Waals surface area contributed by atoms with Gasteiger partial charge in [-0.1, -0.05) is 37.6 Å². The van der Waals surface area contributed by atoms with Crippen LogP contribution >= 0.6 is 0 Å². The van der Waals surface area contributed by atoms with E-state index in [0.29, 0.717) is 34.4 Å². The second-order valence-electron chi connectivity index (χ2n) is 11.7. The monoisotopic (exact) mass is 694 g/mol. The lowest BCUT2D eigenvalue weighted by atomic mass is 10.1. The minimum absolute atomic E-state index is 0.0100. The summed E-state index contributed by atoms with van der Waals surface area (Å²) in [7, 11) is 4.62. The molecule has 4 aromatic heterocycles. The first kappa shape index (κ1) is 34.1. The van der Waals surface area contributed by atoms with Gasteiger partial charge in [-0.2, -0.15) is 18.2 Å². The van der Waals surface area contributed by atoms with Gasteiger partial charge in [0.1, 0.15) is 16.9 Å². The lowest BCUT2D eigenvalue weighted by molar-refractivity contribution is -0.140. The summed E-state index contributed by atoms with van der Waals surface area (Å²) >= 11 is 0. The molecule has 0 aliphatic heterocycles. The number of benzene rings is 1. The van der Waals surface area contributed by atoms with Gasteiger partial charge in [0.25, 0.3) is 0 Å². The number of ether oxygens (including phenoxy) is 3. The maximum atomic E-state index is 13.2. The van der Waals surface area contributed by atoms with Crippen molar-refractivity contribution in [2.75, 3.05) is 19.0 Å². The summed E-state index contributed by atoms with van der Waals surface area (Å²) in [6.45, 7) is 2.26. The Labute approximate surface area is 282 Å². The molecule has 0 atom stereocenters. The molecule has 2 N–H and O–H groups in total. The normalized spacial score (nSPS) is 13.0. The molecule has 1 amide bonds. The Balaban J connectivity index is 1.30. The zero-order chi connectivity index (χ0) is 35.7. The summed E-state index contributed by atoms with van der Waals surface area (Å²) in [6, 6.07) is 6.87. The van der Waals surface area contributed by atoms with Gasteiger partial charge in [0.15, 0.2) is 17.2 Å². The molecule has 262 valence electrons. The molecule has 1 saturated carbocycles. The lowest BCUT2D eigenvalue weighted by Crippen LogP contribution is -2.23. The zero-order valence-corrected chi connectivity index (χ0v) is 27.5. The van der Waals surface area contributed by atoms with Crippen molar-refractivity contribution in [3.63, 3.8) is 0 Å². The highest BCUT2D eigenvalue weighted by Crippen LogP contribution is 2.45. The molecule has 5 aromatic rings. The Morgan fingerprint density at radius 2 is 1.82 bits per heavy atom. The van der Waals surface area contributed by atoms with Gasteiger partial charge < -0.3 is 23.3 Å². The summed E-state index contributed by atoms with van der Waals surface area (Å²) in [6.07, 6.45) is -1.23. The number of hydrogen-bond donors (Lipinski definition) is 2. The van der Waals surface area contributed by atoms with Crippen molar-refractivity contribution in [3.8, 4) is 28.7 Å². The van der Waals surface area contributed by atoms with Gasteiger partial charge in [-0.3, -0.25) is 15.3 Å². The molecule has 1 fully saturated rings. The van der Waals surface area contributed by atoms with Gasteiger partial charge in [-0.25, -0.2) is 29.5 Å². The van der Waals surface area contributed by atoms with E-state index in [2.05, 4.69) is 30.0 Å². The van der Waals surface area contributed by atoms with Crippen LogP contribution in [0.1, 0.15) is 55.5 Å². The number of aromatic nitrogens is 8. The number of imidazole rings is 2. The SMILES string of the molecule is CCCCOC(=O)OC(=O)Nc1nc(OC)c(-c2ncc3c(n2)n(Cc2ccc(-c4nc(C(F)(F)F)cn4C)cc2)c(=N)n3C)c(C2CC2)n1. The fraction of sp³-hybridized carbons (Fsp3) is 0.375. The third kappa shape index (κ3) is 6.99. The first-order valence-electron chi connectivity index (χ1n) is 15.7. The molecule has 6 rings (SSSR count). The van der Waals surface area contributed by atoms with E-state index in [4.69, 9.17) is 19.9 Å². The molecule has 0 radical (unpaired) electrons. The van der Waals surface area contributed by atoms with Crippen molar-refractivity contribution in [2.24, 2.45) is 14.1 Å². The van der Waals surface area contributed by atoms with E-state index >= 15 is 0 Å². The average molecular weight is 695 g/mol. The summed E-state index contributed by atoms with van der Waals surface area (Å²) in [4.78, 5) is 46.2. The third-order valence-corrected chi connectivity index (χ3v) is 8.05. The van der Waals surface area contributed by atoms with Gasteiger partial charge in [0, 0.05) is 31.8 Å². The molecule has 50 heavy (non-hydrogen) atoms. The number of alkyl halides is 3. The molecule has 0 unspecified atom stereocenters. The van der Waals surface area contributed by atoms with Crippen LogP contribution in [0.15, 0.2) is 36.7 Å². The highest BCUT2D eigenvalue weighted by molar-refractivity contribution is 5.90. The highest BCUT2D eigenvalue weighted by atomic mass is 19.4. The fourth-order valence-corrected chi connectivity index (χ4v) is 5.32.